The molecule has 28 heavy (non-hydrogen) atoms. The lowest BCUT2D eigenvalue weighted by molar-refractivity contribution is -0.131. The first kappa shape index (κ1) is 18.8. The van der Waals surface area contributed by atoms with Crippen molar-refractivity contribution in [1.82, 2.24) is 25.0 Å². The van der Waals surface area contributed by atoms with Gasteiger partial charge in [0.1, 0.15) is 10.7 Å². The van der Waals surface area contributed by atoms with E-state index in [4.69, 9.17) is 0 Å². The molecule has 6 nitrogen and oxygen atoms in total. The van der Waals surface area contributed by atoms with Crippen LogP contribution in [0.4, 0.5) is 0 Å². The molecule has 1 fully saturated rings. The summed E-state index contributed by atoms with van der Waals surface area (Å²) in [5.41, 5.74) is 4.31. The monoisotopic (exact) mass is 395 g/mol. The van der Waals surface area contributed by atoms with Crippen molar-refractivity contribution in [3.63, 3.8) is 0 Å². The highest BCUT2D eigenvalue weighted by Crippen LogP contribution is 2.28. The number of nitrogens with zero attached hydrogens (tertiary/aromatic N) is 4. The SMILES string of the molecule is Cc1ccccc1C1CN(C(=O)Cc2sc(-c3ccn(C)n3)nc2C)CCN1. The smallest absolute Gasteiger partial charge is 0.228 e. The van der Waals surface area contributed by atoms with Gasteiger partial charge in [0, 0.05) is 37.8 Å². The predicted molar refractivity (Wildman–Crippen MR) is 111 cm³/mol. The van der Waals surface area contributed by atoms with E-state index in [2.05, 4.69) is 46.6 Å². The van der Waals surface area contributed by atoms with E-state index >= 15 is 0 Å². The van der Waals surface area contributed by atoms with Crippen molar-refractivity contribution in [3.8, 4) is 10.7 Å². The molecule has 1 aliphatic rings. The van der Waals surface area contributed by atoms with Crippen molar-refractivity contribution in [2.75, 3.05) is 19.6 Å². The Bertz CT molecular complexity index is 992. The number of thiazole rings is 1. The van der Waals surface area contributed by atoms with E-state index in [1.165, 1.54) is 11.1 Å². The van der Waals surface area contributed by atoms with Crippen molar-refractivity contribution < 1.29 is 4.79 Å². The van der Waals surface area contributed by atoms with E-state index in [0.717, 1.165) is 34.4 Å². The Hall–Kier alpha value is -2.51. The lowest BCUT2D eigenvalue weighted by Gasteiger charge is -2.34. The quantitative estimate of drug-likeness (QED) is 0.738. The Labute approximate surface area is 169 Å². The van der Waals surface area contributed by atoms with E-state index in [1.807, 2.05) is 31.1 Å². The van der Waals surface area contributed by atoms with Gasteiger partial charge in [-0.2, -0.15) is 5.10 Å². The van der Waals surface area contributed by atoms with Crippen molar-refractivity contribution in [2.24, 2.45) is 7.05 Å². The molecule has 0 saturated carbocycles. The van der Waals surface area contributed by atoms with Crippen LogP contribution in [-0.4, -0.2) is 45.2 Å². The third kappa shape index (κ3) is 3.86. The molecule has 1 saturated heterocycles. The molecule has 1 atom stereocenters. The standard InChI is InChI=1S/C21H25N5OS/c1-14-6-4-5-7-16(14)18-13-26(11-9-22-18)20(27)12-19-15(2)23-21(28-19)17-8-10-25(3)24-17/h4-8,10,18,22H,9,11-13H2,1-3H3. The molecule has 1 N–H and O–H groups in total. The fourth-order valence-electron chi connectivity index (χ4n) is 3.64. The molecule has 0 radical (unpaired) electrons. The number of aromatic nitrogens is 3. The number of hydrogen-bond acceptors (Lipinski definition) is 5. The summed E-state index contributed by atoms with van der Waals surface area (Å²) in [5, 5.41) is 8.84. The average Bonchev–Trinajstić information content (AvgIpc) is 3.28. The topological polar surface area (TPSA) is 63.1 Å². The number of benzene rings is 1. The fourth-order valence-corrected chi connectivity index (χ4v) is 4.66. The highest BCUT2D eigenvalue weighted by atomic mass is 32.1. The molecule has 3 aromatic rings. The average molecular weight is 396 g/mol. The van der Waals surface area contributed by atoms with Gasteiger partial charge in [0.2, 0.25) is 5.91 Å². The van der Waals surface area contributed by atoms with E-state index in [0.29, 0.717) is 13.0 Å². The number of carbonyl (C=O) groups is 1. The number of rotatable bonds is 4. The van der Waals surface area contributed by atoms with Crippen LogP contribution in [0.2, 0.25) is 0 Å². The van der Waals surface area contributed by atoms with Crippen LogP contribution in [0.5, 0.6) is 0 Å². The van der Waals surface area contributed by atoms with Gasteiger partial charge in [-0.3, -0.25) is 9.48 Å². The molecule has 0 bridgehead atoms. The van der Waals surface area contributed by atoms with E-state index in [-0.39, 0.29) is 11.9 Å². The van der Waals surface area contributed by atoms with Gasteiger partial charge in [-0.1, -0.05) is 24.3 Å². The molecular formula is C21H25N5OS. The molecular weight excluding hydrogens is 370 g/mol. The maximum atomic E-state index is 13.0. The number of aryl methyl sites for hydroxylation is 3. The minimum Gasteiger partial charge on any atom is -0.339 e. The van der Waals surface area contributed by atoms with Crippen LogP contribution >= 0.6 is 11.3 Å². The zero-order chi connectivity index (χ0) is 19.7. The molecule has 7 heteroatoms. The third-order valence-corrected chi connectivity index (χ3v) is 6.41. The van der Waals surface area contributed by atoms with E-state index in [1.54, 1.807) is 16.0 Å². The highest BCUT2D eigenvalue weighted by Gasteiger charge is 2.26. The summed E-state index contributed by atoms with van der Waals surface area (Å²) >= 11 is 1.57. The summed E-state index contributed by atoms with van der Waals surface area (Å²) in [4.78, 5) is 20.6. The molecule has 0 aliphatic carbocycles. The Morgan fingerprint density at radius 3 is 2.86 bits per heavy atom. The summed E-state index contributed by atoms with van der Waals surface area (Å²) in [7, 11) is 1.89. The number of carbonyl (C=O) groups excluding carboxylic acids is 1. The molecule has 2 aromatic heterocycles. The third-order valence-electron chi connectivity index (χ3n) is 5.23. The molecule has 1 amide bonds. The zero-order valence-electron chi connectivity index (χ0n) is 16.5. The van der Waals surface area contributed by atoms with E-state index in [9.17, 15) is 4.79 Å². The first-order valence-corrected chi connectivity index (χ1v) is 10.4. The summed E-state index contributed by atoms with van der Waals surface area (Å²) < 4.78 is 1.77. The van der Waals surface area contributed by atoms with Gasteiger partial charge in [0.15, 0.2) is 0 Å². The summed E-state index contributed by atoms with van der Waals surface area (Å²) in [6.45, 7) is 6.35. The normalized spacial score (nSPS) is 17.1. The van der Waals surface area contributed by atoms with Crippen LogP contribution in [0.3, 0.4) is 0 Å². The van der Waals surface area contributed by atoms with Crippen molar-refractivity contribution in [1.29, 1.82) is 0 Å². The largest absolute Gasteiger partial charge is 0.339 e. The predicted octanol–water partition coefficient (Wildman–Crippen LogP) is 2.88. The summed E-state index contributed by atoms with van der Waals surface area (Å²) in [5.74, 6) is 0.166. The van der Waals surface area contributed by atoms with Gasteiger partial charge < -0.3 is 10.2 Å². The molecule has 146 valence electrons. The maximum absolute atomic E-state index is 13.0. The zero-order valence-corrected chi connectivity index (χ0v) is 17.3. The highest BCUT2D eigenvalue weighted by molar-refractivity contribution is 7.15. The van der Waals surface area contributed by atoms with Gasteiger partial charge in [0.05, 0.1) is 18.2 Å². The Morgan fingerprint density at radius 1 is 1.29 bits per heavy atom. The summed E-state index contributed by atoms with van der Waals surface area (Å²) in [6.07, 6.45) is 2.31. The minimum atomic E-state index is 0.166. The van der Waals surface area contributed by atoms with Gasteiger partial charge in [0.25, 0.3) is 0 Å². The number of hydrogen-bond donors (Lipinski definition) is 1. The first-order chi connectivity index (χ1) is 13.5. The van der Waals surface area contributed by atoms with Gasteiger partial charge in [-0.15, -0.1) is 11.3 Å². The van der Waals surface area contributed by atoms with Crippen molar-refractivity contribution >= 4 is 17.2 Å². The molecule has 1 aliphatic heterocycles. The van der Waals surface area contributed by atoms with Crippen LogP contribution in [-0.2, 0) is 18.3 Å². The van der Waals surface area contributed by atoms with E-state index < -0.39 is 0 Å². The van der Waals surface area contributed by atoms with Crippen LogP contribution in [0.1, 0.15) is 27.7 Å². The molecule has 0 spiro atoms. The van der Waals surface area contributed by atoms with Crippen LogP contribution in [0, 0.1) is 13.8 Å². The fraction of sp³-hybridized carbons (Fsp3) is 0.381. The van der Waals surface area contributed by atoms with Gasteiger partial charge >= 0.3 is 0 Å². The second-order valence-corrected chi connectivity index (χ2v) is 8.37. The maximum Gasteiger partial charge on any atom is 0.228 e. The van der Waals surface area contributed by atoms with Crippen molar-refractivity contribution in [2.45, 2.75) is 26.3 Å². The summed E-state index contributed by atoms with van der Waals surface area (Å²) in [6, 6.07) is 10.5. The molecule has 1 aromatic carbocycles. The Balaban J connectivity index is 1.46. The first-order valence-electron chi connectivity index (χ1n) is 9.54. The molecule has 3 heterocycles. The second-order valence-electron chi connectivity index (χ2n) is 7.28. The lowest BCUT2D eigenvalue weighted by atomic mass is 9.99. The number of nitrogens with one attached hydrogen (secondary N) is 1. The Kier molecular flexibility index (Phi) is 5.28. The molecule has 1 unspecified atom stereocenters. The lowest BCUT2D eigenvalue weighted by Crippen LogP contribution is -2.48. The van der Waals surface area contributed by atoms with Crippen LogP contribution in [0.25, 0.3) is 10.7 Å². The molecule has 4 rings (SSSR count). The second kappa shape index (κ2) is 7.85. The Morgan fingerprint density at radius 2 is 2.11 bits per heavy atom. The van der Waals surface area contributed by atoms with Crippen LogP contribution < -0.4 is 5.32 Å². The van der Waals surface area contributed by atoms with Crippen LogP contribution in [0.15, 0.2) is 36.5 Å². The van der Waals surface area contributed by atoms with Crippen molar-refractivity contribution in [3.05, 3.63) is 58.2 Å². The van der Waals surface area contributed by atoms with Gasteiger partial charge in [-0.25, -0.2) is 4.98 Å². The minimum absolute atomic E-state index is 0.166. The number of piperazine rings is 1. The van der Waals surface area contributed by atoms with Gasteiger partial charge in [-0.05, 0) is 31.0 Å². The number of amides is 1.